The van der Waals surface area contributed by atoms with Crippen molar-refractivity contribution < 1.29 is 9.47 Å². The Morgan fingerprint density at radius 1 is 0.312 bits per heavy atom. The molecular formula is C70H70N4O2S4. The van der Waals surface area contributed by atoms with E-state index in [4.69, 9.17) is 29.4 Å². The van der Waals surface area contributed by atoms with Gasteiger partial charge >= 0.3 is 0 Å². The molecule has 11 aromatic rings. The lowest BCUT2D eigenvalue weighted by molar-refractivity contribution is 0.309. The zero-order chi connectivity index (χ0) is 54.6. The van der Waals surface area contributed by atoms with E-state index in [0.29, 0.717) is 11.3 Å². The summed E-state index contributed by atoms with van der Waals surface area (Å²) in [6, 6.07) is 57.0. The van der Waals surface area contributed by atoms with Crippen molar-refractivity contribution in [3.63, 3.8) is 0 Å². The lowest BCUT2D eigenvalue weighted by atomic mass is 9.98. The number of unbranched alkanes of at least 4 members (excludes halogenated alkanes) is 8. The van der Waals surface area contributed by atoms with Crippen molar-refractivity contribution in [3.8, 4) is 96.7 Å². The molecule has 0 amide bonds. The second-order valence-electron chi connectivity index (χ2n) is 20.8. The monoisotopic (exact) mass is 1130 g/mol. The van der Waals surface area contributed by atoms with E-state index in [1.807, 2.05) is 45.3 Å². The molecule has 0 aliphatic heterocycles. The van der Waals surface area contributed by atoms with E-state index in [1.54, 1.807) is 0 Å². The molecular weight excluding hydrogens is 1060 g/mol. The van der Waals surface area contributed by atoms with Crippen LogP contribution in [0, 0.1) is 0 Å². The number of hydrogen-bond donors (Lipinski definition) is 0. The van der Waals surface area contributed by atoms with E-state index in [9.17, 15) is 0 Å². The number of benzene rings is 5. The summed E-state index contributed by atoms with van der Waals surface area (Å²) < 4.78 is 11.9. The Balaban J connectivity index is 0.984. The summed E-state index contributed by atoms with van der Waals surface area (Å²) in [6.07, 6.45) is 16.8. The molecule has 0 fully saturated rings. The van der Waals surface area contributed by atoms with Crippen LogP contribution in [0.1, 0.15) is 114 Å². The van der Waals surface area contributed by atoms with Crippen LogP contribution in [0.3, 0.4) is 0 Å². The van der Waals surface area contributed by atoms with Gasteiger partial charge in [-0.15, -0.1) is 45.3 Å². The highest BCUT2D eigenvalue weighted by atomic mass is 32.1. The molecule has 6 nitrogen and oxygen atoms in total. The molecule has 0 aliphatic rings. The number of ether oxygens (including phenoxy) is 2. The van der Waals surface area contributed by atoms with Gasteiger partial charge in [0, 0.05) is 61.3 Å². The van der Waals surface area contributed by atoms with Crippen molar-refractivity contribution >= 4 is 67.7 Å². The number of fused-ring (bicyclic) bond motifs is 2. The number of aryl methyl sites for hydroxylation is 2. The van der Waals surface area contributed by atoms with Crippen molar-refractivity contribution in [2.75, 3.05) is 13.2 Å². The number of nitrogens with zero attached hydrogens (tertiary/aromatic N) is 4. The average molecular weight is 1130 g/mol. The third kappa shape index (κ3) is 13.2. The smallest absolute Gasteiger partial charge is 0.199 e. The molecule has 10 heteroatoms. The molecule has 6 aromatic heterocycles. The highest BCUT2D eigenvalue weighted by Crippen LogP contribution is 2.46. The summed E-state index contributed by atoms with van der Waals surface area (Å²) in [5.41, 5.74) is 12.8. The summed E-state index contributed by atoms with van der Waals surface area (Å²) in [5, 5.41) is 0. The summed E-state index contributed by atoms with van der Waals surface area (Å²) in [5.74, 6) is 1.78. The lowest BCUT2D eigenvalue weighted by Gasteiger charge is -2.13. The highest BCUT2D eigenvalue weighted by Gasteiger charge is 2.21. The topological polar surface area (TPSA) is 70.0 Å². The molecule has 0 N–H and O–H groups in total. The van der Waals surface area contributed by atoms with Crippen LogP contribution in [0.2, 0.25) is 0 Å². The van der Waals surface area contributed by atoms with Crippen LogP contribution in [-0.4, -0.2) is 33.1 Å². The molecule has 0 aliphatic carbocycles. The Bertz CT molecular complexity index is 3530. The SMILES string of the molecule is CCCCCCc1ccc(-c2ccc(-c3cc4nc5nc(-c6ccc(-c7ccc(OCCCC)cc7)cc6)c(-c6ccc(-c7ccc(OCCCC)cc7)cc6)nc5nc4cc3-c3ccc(-c4ccc(CCCCCC)s4)s3)s2)s1. The average Bonchev–Trinajstić information content (AvgIpc) is 4.43. The van der Waals surface area contributed by atoms with Gasteiger partial charge in [-0.25, -0.2) is 19.9 Å². The first-order chi connectivity index (χ1) is 39.4. The van der Waals surface area contributed by atoms with Crippen molar-refractivity contribution in [1.29, 1.82) is 0 Å². The molecule has 80 heavy (non-hydrogen) atoms. The summed E-state index contributed by atoms with van der Waals surface area (Å²) in [4.78, 5) is 32.1. The summed E-state index contributed by atoms with van der Waals surface area (Å²) >= 11 is 7.59. The van der Waals surface area contributed by atoms with Gasteiger partial charge < -0.3 is 9.47 Å². The highest BCUT2D eigenvalue weighted by molar-refractivity contribution is 7.25. The fourth-order valence-electron chi connectivity index (χ4n) is 10.1. The van der Waals surface area contributed by atoms with Gasteiger partial charge in [-0.2, -0.15) is 0 Å². The van der Waals surface area contributed by atoms with E-state index >= 15 is 0 Å². The fraction of sp³-hybridized carbons (Fsp3) is 0.286. The molecule has 0 spiro atoms. The van der Waals surface area contributed by atoms with Crippen molar-refractivity contribution in [3.05, 3.63) is 167 Å². The molecule has 0 unspecified atom stereocenters. The van der Waals surface area contributed by atoms with E-state index in [0.717, 1.165) is 130 Å². The maximum Gasteiger partial charge on any atom is 0.199 e. The van der Waals surface area contributed by atoms with Gasteiger partial charge in [0.2, 0.25) is 0 Å². The van der Waals surface area contributed by atoms with Crippen molar-refractivity contribution in [1.82, 2.24) is 19.9 Å². The number of thiophene rings is 4. The summed E-state index contributed by atoms with van der Waals surface area (Å²) in [7, 11) is 0. The molecule has 0 saturated heterocycles. The van der Waals surface area contributed by atoms with Gasteiger partial charge in [0.1, 0.15) is 11.5 Å². The normalized spacial score (nSPS) is 11.6. The van der Waals surface area contributed by atoms with Gasteiger partial charge in [0.25, 0.3) is 0 Å². The Hall–Kier alpha value is -6.82. The van der Waals surface area contributed by atoms with Crippen LogP contribution in [0.5, 0.6) is 11.5 Å². The zero-order valence-corrected chi connectivity index (χ0v) is 49.8. The van der Waals surface area contributed by atoms with Crippen LogP contribution in [0.15, 0.2) is 158 Å². The van der Waals surface area contributed by atoms with Gasteiger partial charge in [-0.1, -0.05) is 152 Å². The predicted octanol–water partition coefficient (Wildman–Crippen LogP) is 21.8. The number of rotatable bonds is 26. The van der Waals surface area contributed by atoms with Crippen molar-refractivity contribution in [2.24, 2.45) is 0 Å². The van der Waals surface area contributed by atoms with Crippen LogP contribution < -0.4 is 9.47 Å². The lowest BCUT2D eigenvalue weighted by Crippen LogP contribution is -2.00. The van der Waals surface area contributed by atoms with Crippen molar-refractivity contribution in [2.45, 2.75) is 118 Å². The second-order valence-corrected chi connectivity index (χ2v) is 25.3. The van der Waals surface area contributed by atoms with Crippen LogP contribution in [0.25, 0.3) is 107 Å². The van der Waals surface area contributed by atoms with Gasteiger partial charge in [-0.3, -0.25) is 0 Å². The molecule has 6 heterocycles. The first-order valence-corrected chi connectivity index (χ1v) is 32.3. The van der Waals surface area contributed by atoms with Crippen LogP contribution >= 0.6 is 45.3 Å². The number of hydrogen-bond acceptors (Lipinski definition) is 10. The zero-order valence-electron chi connectivity index (χ0n) is 46.6. The van der Waals surface area contributed by atoms with Crippen LogP contribution in [-0.2, 0) is 12.8 Å². The maximum absolute atomic E-state index is 5.97. The van der Waals surface area contributed by atoms with E-state index in [1.165, 1.54) is 90.4 Å². The van der Waals surface area contributed by atoms with Gasteiger partial charge in [0.15, 0.2) is 11.3 Å². The Kier molecular flexibility index (Phi) is 18.3. The Labute approximate surface area is 488 Å². The van der Waals surface area contributed by atoms with E-state index < -0.39 is 0 Å². The maximum atomic E-state index is 5.97. The molecule has 0 bridgehead atoms. The Morgan fingerprint density at radius 3 is 1.04 bits per heavy atom. The molecule has 0 atom stereocenters. The number of aromatic nitrogens is 4. The summed E-state index contributed by atoms with van der Waals surface area (Å²) in [6.45, 7) is 10.4. The van der Waals surface area contributed by atoms with E-state index in [-0.39, 0.29) is 0 Å². The van der Waals surface area contributed by atoms with Crippen LogP contribution in [0.4, 0.5) is 0 Å². The van der Waals surface area contributed by atoms with Gasteiger partial charge in [-0.05, 0) is 146 Å². The molecule has 406 valence electrons. The molecule has 0 radical (unpaired) electrons. The van der Waals surface area contributed by atoms with Gasteiger partial charge in [0.05, 0.1) is 35.6 Å². The quantitative estimate of drug-likeness (QED) is 0.0397. The third-order valence-electron chi connectivity index (χ3n) is 14.8. The second kappa shape index (κ2) is 26.6. The minimum absolute atomic E-state index is 0.508. The molecule has 5 aromatic carbocycles. The predicted molar refractivity (Wildman–Crippen MR) is 344 cm³/mol. The first kappa shape index (κ1) is 55.1. The first-order valence-electron chi connectivity index (χ1n) is 29.0. The largest absolute Gasteiger partial charge is 0.494 e. The minimum Gasteiger partial charge on any atom is -0.494 e. The Morgan fingerprint density at radius 2 is 0.650 bits per heavy atom. The minimum atomic E-state index is 0.508. The molecule has 0 saturated carbocycles. The standard InChI is InChI=1S/C70H70N4O2S4/c1-5-9-13-15-17-55-35-37-63(77-55)65-41-39-61(79-65)57-45-59-60(46-58(57)62-40-42-66(80-62)64-38-36-56(78-64)18-16-14-10-6-2)72-70-69(71-59)73-67(51-23-19-47(20-24-51)49-27-31-53(32-28-49)75-43-11-7-3)68(74-70)52-25-21-48(22-26-52)50-29-33-54(34-30-50)76-44-12-8-4/h19-42,45-46H,5-18,43-44H2,1-4H3. The van der Waals surface area contributed by atoms with E-state index in [2.05, 4.69) is 185 Å². The molecule has 11 rings (SSSR count). The third-order valence-corrected chi connectivity index (χ3v) is 19.7. The fourth-order valence-corrected chi connectivity index (χ4v) is 14.5.